The van der Waals surface area contributed by atoms with Gasteiger partial charge in [-0.2, -0.15) is 23.1 Å². The maximum absolute atomic E-state index is 13.4. The van der Waals surface area contributed by atoms with E-state index in [-0.39, 0.29) is 32.0 Å². The fraction of sp³-hybridized carbons (Fsp3) is 0.778. The van der Waals surface area contributed by atoms with E-state index in [4.69, 9.17) is 9.97 Å². The summed E-state index contributed by atoms with van der Waals surface area (Å²) in [4.78, 5) is 31.1. The summed E-state index contributed by atoms with van der Waals surface area (Å²) in [5, 5.41) is 35.3. The van der Waals surface area contributed by atoms with Gasteiger partial charge in [-0.1, -0.05) is 20.8 Å². The summed E-state index contributed by atoms with van der Waals surface area (Å²) < 4.78 is 41.8. The van der Waals surface area contributed by atoms with Gasteiger partial charge >= 0.3 is 12.1 Å². The van der Waals surface area contributed by atoms with E-state index in [0.29, 0.717) is 59.3 Å². The van der Waals surface area contributed by atoms with Crippen molar-refractivity contribution >= 4 is 28.8 Å². The van der Waals surface area contributed by atoms with Crippen molar-refractivity contribution in [3.8, 4) is 0 Å². The van der Waals surface area contributed by atoms with Gasteiger partial charge < -0.3 is 39.9 Å². The predicted molar refractivity (Wildman–Crippen MR) is 151 cm³/mol. The van der Waals surface area contributed by atoms with Gasteiger partial charge in [0.25, 0.3) is 0 Å². The first-order valence-corrected chi connectivity index (χ1v) is 14.5. The summed E-state index contributed by atoms with van der Waals surface area (Å²) >= 11 is 0. The molecule has 236 valence electrons. The number of rotatable bonds is 11. The van der Waals surface area contributed by atoms with Crippen molar-refractivity contribution in [1.29, 1.82) is 0 Å². The molecule has 2 aromatic rings. The summed E-state index contributed by atoms with van der Waals surface area (Å²) in [6.45, 7) is 6.75. The van der Waals surface area contributed by atoms with Gasteiger partial charge in [0.2, 0.25) is 5.95 Å². The zero-order chi connectivity index (χ0) is 30.9. The van der Waals surface area contributed by atoms with Crippen molar-refractivity contribution in [1.82, 2.24) is 29.3 Å². The minimum atomic E-state index is -5.11. The molecule has 1 saturated carbocycles. The number of likely N-dealkylation sites (N-methyl/N-ethyl adjacent to an activating group) is 1. The van der Waals surface area contributed by atoms with E-state index >= 15 is 0 Å². The number of aromatic nitrogens is 4. The third kappa shape index (κ3) is 6.58. The van der Waals surface area contributed by atoms with Crippen molar-refractivity contribution in [3.63, 3.8) is 0 Å². The normalized spacial score (nSPS) is 25.6. The zero-order valence-electron chi connectivity index (χ0n) is 24.8. The van der Waals surface area contributed by atoms with Crippen LogP contribution in [0, 0.1) is 5.92 Å². The smallest absolute Gasteiger partial charge is 0.394 e. The average molecular weight is 601 g/mol. The third-order valence-corrected chi connectivity index (χ3v) is 8.25. The monoisotopic (exact) mass is 600 g/mol. The van der Waals surface area contributed by atoms with Crippen LogP contribution in [0.5, 0.6) is 0 Å². The summed E-state index contributed by atoms with van der Waals surface area (Å²) in [7, 11) is 4.01. The number of carbonyl (C=O) groups excluding carboxylic acids is 1. The zero-order valence-corrected chi connectivity index (χ0v) is 24.8. The van der Waals surface area contributed by atoms with E-state index in [1.165, 1.54) is 6.33 Å². The Hall–Kier alpha value is -2.75. The highest BCUT2D eigenvalue weighted by atomic mass is 19.4. The number of aliphatic hydroxyl groups excluding tert-OH is 3. The summed E-state index contributed by atoms with van der Waals surface area (Å²) in [5.41, 5.74) is 0.698. The van der Waals surface area contributed by atoms with Crippen molar-refractivity contribution in [2.24, 2.45) is 5.92 Å². The number of nitrogens with zero attached hydrogens (tertiary/aromatic N) is 7. The third-order valence-electron chi connectivity index (χ3n) is 8.25. The van der Waals surface area contributed by atoms with Crippen LogP contribution in [-0.4, -0.2) is 127 Å². The van der Waals surface area contributed by atoms with Crippen LogP contribution in [0.15, 0.2) is 6.33 Å². The van der Waals surface area contributed by atoms with E-state index in [9.17, 15) is 33.3 Å². The molecule has 4 rings (SSSR count). The lowest BCUT2D eigenvalue weighted by Gasteiger charge is -2.31. The molecule has 0 radical (unpaired) electrons. The van der Waals surface area contributed by atoms with Crippen molar-refractivity contribution in [3.05, 3.63) is 6.33 Å². The maximum Gasteiger partial charge on any atom is 0.471 e. The van der Waals surface area contributed by atoms with Crippen LogP contribution in [0.4, 0.5) is 24.9 Å². The molecule has 2 aromatic heterocycles. The lowest BCUT2D eigenvalue weighted by Crippen LogP contribution is -2.51. The number of imidazole rings is 1. The van der Waals surface area contributed by atoms with Crippen LogP contribution < -0.4 is 10.2 Å². The highest BCUT2D eigenvalue weighted by Gasteiger charge is 2.51. The summed E-state index contributed by atoms with van der Waals surface area (Å²) in [6, 6.07) is -2.17. The van der Waals surface area contributed by atoms with E-state index in [0.717, 1.165) is 6.42 Å². The molecule has 12 nitrogen and oxygen atoms in total. The fourth-order valence-electron chi connectivity index (χ4n) is 6.07. The molecule has 2 fully saturated rings. The molecular formula is C27H43F3N8O4. The molecule has 0 bridgehead atoms. The van der Waals surface area contributed by atoms with E-state index < -0.39 is 36.4 Å². The van der Waals surface area contributed by atoms with Crippen LogP contribution in [0.25, 0.3) is 11.2 Å². The molecule has 1 amide bonds. The molecule has 6 atom stereocenters. The number of halogens is 3. The number of nitrogens with one attached hydrogen (secondary N) is 1. The van der Waals surface area contributed by atoms with Crippen LogP contribution in [-0.2, 0) is 4.79 Å². The standard InChI is InChI=1S/C27H43F3N8O4/c1-6-8-37(25(42)27(28,29)30)18-11-19(22(41)21(18)40)38-14-31-20-23(32-16(13-39)10-15(2)3)33-26(34-24(20)38)36-9-7-17(12-36)35(4)5/h14-19,21-22,39-41H,6-13H2,1-5H3,(H,32,33,34)/t16?,17-,18+,19-,21-,22+/m1/s1. The lowest BCUT2D eigenvalue weighted by molar-refractivity contribution is -0.190. The number of hydrogen-bond donors (Lipinski definition) is 4. The molecule has 1 aliphatic heterocycles. The van der Waals surface area contributed by atoms with E-state index in [2.05, 4.69) is 15.2 Å². The fourth-order valence-corrected chi connectivity index (χ4v) is 6.07. The van der Waals surface area contributed by atoms with Gasteiger partial charge in [-0.05, 0) is 45.7 Å². The molecule has 4 N–H and O–H groups in total. The van der Waals surface area contributed by atoms with Gasteiger partial charge in [-0.25, -0.2) is 4.98 Å². The average Bonchev–Trinajstić information content (AvgIpc) is 3.64. The number of anilines is 2. The molecular weight excluding hydrogens is 557 g/mol. The largest absolute Gasteiger partial charge is 0.471 e. The Morgan fingerprint density at radius 2 is 1.93 bits per heavy atom. The van der Waals surface area contributed by atoms with Crippen LogP contribution >= 0.6 is 0 Å². The van der Waals surface area contributed by atoms with Crippen LogP contribution in [0.1, 0.15) is 52.5 Å². The quantitative estimate of drug-likeness (QED) is 0.301. The first kappa shape index (κ1) is 32.2. The molecule has 1 unspecified atom stereocenters. The Labute approximate surface area is 243 Å². The highest BCUT2D eigenvalue weighted by molar-refractivity contribution is 5.85. The summed E-state index contributed by atoms with van der Waals surface area (Å²) in [5.74, 6) is -0.938. The Morgan fingerprint density at radius 3 is 2.50 bits per heavy atom. The highest BCUT2D eigenvalue weighted by Crippen LogP contribution is 2.38. The molecule has 1 aliphatic carbocycles. The van der Waals surface area contributed by atoms with Crippen molar-refractivity contribution in [2.75, 3.05) is 50.6 Å². The van der Waals surface area contributed by atoms with Gasteiger partial charge in [-0.15, -0.1) is 0 Å². The Kier molecular flexibility index (Phi) is 9.85. The summed E-state index contributed by atoms with van der Waals surface area (Å²) in [6.07, 6.45) is -5.07. The molecule has 42 heavy (non-hydrogen) atoms. The number of amides is 1. The lowest BCUT2D eigenvalue weighted by atomic mass is 10.0. The molecule has 0 aromatic carbocycles. The second kappa shape index (κ2) is 12.9. The number of hydrogen-bond acceptors (Lipinski definition) is 10. The minimum absolute atomic E-state index is 0.128. The number of aliphatic hydroxyl groups is 3. The van der Waals surface area contributed by atoms with Crippen LogP contribution in [0.3, 0.4) is 0 Å². The molecule has 2 aliphatic rings. The Balaban J connectivity index is 1.74. The van der Waals surface area contributed by atoms with Gasteiger partial charge in [-0.3, -0.25) is 4.79 Å². The first-order chi connectivity index (χ1) is 19.8. The van der Waals surface area contributed by atoms with Gasteiger partial charge in [0, 0.05) is 25.7 Å². The molecule has 0 spiro atoms. The number of alkyl halides is 3. The Bertz CT molecular complexity index is 1230. The first-order valence-electron chi connectivity index (χ1n) is 14.5. The topological polar surface area (TPSA) is 143 Å². The predicted octanol–water partition coefficient (Wildman–Crippen LogP) is 1.62. The second-order valence-electron chi connectivity index (χ2n) is 12.0. The van der Waals surface area contributed by atoms with Crippen molar-refractivity contribution < 1.29 is 33.3 Å². The Morgan fingerprint density at radius 1 is 1.21 bits per heavy atom. The molecule has 15 heteroatoms. The maximum atomic E-state index is 13.4. The molecule has 1 saturated heterocycles. The number of fused-ring (bicyclic) bond motifs is 1. The minimum Gasteiger partial charge on any atom is -0.394 e. The molecule has 3 heterocycles. The van der Waals surface area contributed by atoms with Crippen LogP contribution in [0.2, 0.25) is 0 Å². The van der Waals surface area contributed by atoms with Crippen molar-refractivity contribution in [2.45, 2.75) is 89.0 Å². The van der Waals surface area contributed by atoms with E-state index in [1.807, 2.05) is 32.8 Å². The number of carbonyl (C=O) groups is 1. The van der Waals surface area contributed by atoms with Gasteiger partial charge in [0.15, 0.2) is 17.0 Å². The van der Waals surface area contributed by atoms with E-state index in [1.54, 1.807) is 11.5 Å². The SMILES string of the molecule is CCCN(C(=O)C(F)(F)F)[C@H]1C[C@@H](n2cnc3c(NC(CO)CC(C)C)nc(N4CC[C@@H](N(C)C)C4)nc32)[C@H](O)[C@@H]1O. The van der Waals surface area contributed by atoms with Gasteiger partial charge in [0.05, 0.1) is 31.1 Å². The second-order valence-corrected chi connectivity index (χ2v) is 12.0. The van der Waals surface area contributed by atoms with Gasteiger partial charge in [0.1, 0.15) is 12.2 Å².